The molecular weight excluding hydrogens is 506 g/mol. The molecule has 2 amide bonds. The van der Waals surface area contributed by atoms with E-state index in [4.69, 9.17) is 9.47 Å². The van der Waals surface area contributed by atoms with Gasteiger partial charge >= 0.3 is 0 Å². The number of carbonyl (C=O) groups is 2. The Morgan fingerprint density at radius 1 is 1.00 bits per heavy atom. The summed E-state index contributed by atoms with van der Waals surface area (Å²) < 4.78 is 39.2. The second-order valence-electron chi connectivity index (χ2n) is 8.69. The van der Waals surface area contributed by atoms with Gasteiger partial charge in [-0.05, 0) is 68.3 Å². The van der Waals surface area contributed by atoms with E-state index in [0.717, 1.165) is 17.1 Å². The minimum atomic E-state index is -4.07. The van der Waals surface area contributed by atoms with Crippen LogP contribution in [0.4, 0.5) is 11.4 Å². The molecular formula is C28H31N3O6S. The number of amides is 2. The van der Waals surface area contributed by atoms with Gasteiger partial charge in [-0.25, -0.2) is 8.42 Å². The number of carbonyl (C=O) groups excluding carboxylic acids is 2. The first kappa shape index (κ1) is 27.2. The van der Waals surface area contributed by atoms with E-state index < -0.39 is 22.5 Å². The fourth-order valence-corrected chi connectivity index (χ4v) is 5.57. The van der Waals surface area contributed by atoms with Gasteiger partial charge < -0.3 is 20.1 Å². The van der Waals surface area contributed by atoms with Gasteiger partial charge in [0.25, 0.3) is 15.9 Å². The van der Waals surface area contributed by atoms with Gasteiger partial charge in [0.1, 0.15) is 12.3 Å². The number of ether oxygens (including phenoxy) is 2. The van der Waals surface area contributed by atoms with E-state index in [1.165, 1.54) is 12.1 Å². The van der Waals surface area contributed by atoms with E-state index in [9.17, 15) is 18.0 Å². The van der Waals surface area contributed by atoms with Gasteiger partial charge in [0, 0.05) is 13.2 Å². The molecule has 200 valence electrons. The maximum Gasteiger partial charge on any atom is 0.264 e. The number of nitrogens with zero attached hydrogens (tertiary/aromatic N) is 1. The Morgan fingerprint density at radius 3 is 2.39 bits per heavy atom. The van der Waals surface area contributed by atoms with Crippen molar-refractivity contribution in [1.82, 2.24) is 5.32 Å². The molecule has 0 saturated carbocycles. The van der Waals surface area contributed by atoms with Crippen molar-refractivity contribution in [1.29, 1.82) is 0 Å². The molecule has 1 aliphatic rings. The van der Waals surface area contributed by atoms with Crippen LogP contribution < -0.4 is 19.7 Å². The zero-order chi connectivity index (χ0) is 27.0. The lowest BCUT2D eigenvalue weighted by molar-refractivity contribution is -0.114. The minimum Gasteiger partial charge on any atom is -0.494 e. The van der Waals surface area contributed by atoms with Crippen molar-refractivity contribution in [2.45, 2.75) is 30.8 Å². The van der Waals surface area contributed by atoms with Gasteiger partial charge in [-0.2, -0.15) is 0 Å². The summed E-state index contributed by atoms with van der Waals surface area (Å²) in [5.41, 5.74) is 0.860. The molecule has 1 heterocycles. The van der Waals surface area contributed by atoms with E-state index >= 15 is 0 Å². The molecule has 0 radical (unpaired) electrons. The normalized spacial score (nSPS) is 15.0. The zero-order valence-electron chi connectivity index (χ0n) is 21.1. The summed E-state index contributed by atoms with van der Waals surface area (Å²) in [6.45, 7) is 2.88. The Bertz CT molecular complexity index is 1340. The highest BCUT2D eigenvalue weighted by Gasteiger charge is 2.28. The fourth-order valence-electron chi connectivity index (χ4n) is 4.13. The maximum atomic E-state index is 13.6. The highest BCUT2D eigenvalue weighted by Crippen LogP contribution is 2.26. The van der Waals surface area contributed by atoms with Gasteiger partial charge in [0.05, 0.1) is 34.5 Å². The lowest BCUT2D eigenvalue weighted by Crippen LogP contribution is -2.38. The van der Waals surface area contributed by atoms with Crippen LogP contribution >= 0.6 is 0 Å². The Labute approximate surface area is 222 Å². The van der Waals surface area contributed by atoms with Crippen LogP contribution in [0.2, 0.25) is 0 Å². The van der Waals surface area contributed by atoms with E-state index in [1.54, 1.807) is 66.7 Å². The third kappa shape index (κ3) is 6.70. The second-order valence-corrected chi connectivity index (χ2v) is 10.6. The van der Waals surface area contributed by atoms with Gasteiger partial charge in [0.2, 0.25) is 5.91 Å². The summed E-state index contributed by atoms with van der Waals surface area (Å²) in [7, 11) is -4.07. The number of para-hydroxylation sites is 1. The Balaban J connectivity index is 1.54. The number of sulfonamides is 1. The van der Waals surface area contributed by atoms with Crippen molar-refractivity contribution < 1.29 is 27.5 Å². The first-order valence-electron chi connectivity index (χ1n) is 12.5. The Hall–Kier alpha value is -3.89. The summed E-state index contributed by atoms with van der Waals surface area (Å²) in [4.78, 5) is 26.1. The third-order valence-electron chi connectivity index (χ3n) is 6.01. The molecule has 1 aliphatic heterocycles. The lowest BCUT2D eigenvalue weighted by atomic mass is 10.1. The molecule has 10 heteroatoms. The van der Waals surface area contributed by atoms with E-state index in [1.807, 2.05) is 6.92 Å². The van der Waals surface area contributed by atoms with Crippen molar-refractivity contribution in [3.63, 3.8) is 0 Å². The number of hydrogen-bond donors (Lipinski definition) is 2. The molecule has 1 atom stereocenters. The van der Waals surface area contributed by atoms with Crippen molar-refractivity contribution in [2.75, 3.05) is 35.9 Å². The van der Waals surface area contributed by atoms with E-state index in [-0.39, 0.29) is 28.2 Å². The third-order valence-corrected chi connectivity index (χ3v) is 7.80. The molecule has 4 rings (SSSR count). The standard InChI is InChI=1S/C28H31N3O6S/c1-2-36-22-16-14-21(15-17-22)31(38(34,35)24-10-4-3-5-11-24)20-27(32)30-26-13-7-6-12-25(26)28(33)29-19-23-9-8-18-37-23/h3-7,10-17,23H,2,8-9,18-20H2,1H3,(H,29,33)(H,30,32)/t23-/m0/s1. The van der Waals surface area contributed by atoms with Crippen LogP contribution in [0.3, 0.4) is 0 Å². The Morgan fingerprint density at radius 2 is 1.71 bits per heavy atom. The van der Waals surface area contributed by atoms with Crippen LogP contribution in [0.15, 0.2) is 83.8 Å². The van der Waals surface area contributed by atoms with Crippen molar-refractivity contribution >= 4 is 33.2 Å². The van der Waals surface area contributed by atoms with Gasteiger partial charge in [-0.1, -0.05) is 30.3 Å². The average Bonchev–Trinajstić information content (AvgIpc) is 3.46. The topological polar surface area (TPSA) is 114 Å². The van der Waals surface area contributed by atoms with Crippen LogP contribution in [0.25, 0.3) is 0 Å². The van der Waals surface area contributed by atoms with Crippen molar-refractivity contribution in [3.8, 4) is 5.75 Å². The molecule has 0 aliphatic carbocycles. The summed E-state index contributed by atoms with van der Waals surface area (Å²) >= 11 is 0. The fraction of sp³-hybridized carbons (Fsp3) is 0.286. The lowest BCUT2D eigenvalue weighted by Gasteiger charge is -2.24. The molecule has 1 saturated heterocycles. The second kappa shape index (κ2) is 12.6. The smallest absolute Gasteiger partial charge is 0.264 e. The summed E-state index contributed by atoms with van der Waals surface area (Å²) in [5.74, 6) is -0.366. The maximum absolute atomic E-state index is 13.6. The molecule has 38 heavy (non-hydrogen) atoms. The molecule has 9 nitrogen and oxygen atoms in total. The molecule has 0 aromatic heterocycles. The molecule has 0 bridgehead atoms. The first-order valence-corrected chi connectivity index (χ1v) is 13.9. The molecule has 1 fully saturated rings. The summed E-state index contributed by atoms with van der Waals surface area (Å²) in [5, 5.41) is 5.56. The first-order chi connectivity index (χ1) is 18.4. The molecule has 3 aromatic rings. The number of rotatable bonds is 11. The largest absolute Gasteiger partial charge is 0.494 e. The number of hydrogen-bond acceptors (Lipinski definition) is 6. The quantitative estimate of drug-likeness (QED) is 0.384. The van der Waals surface area contributed by atoms with Crippen LogP contribution in [0.5, 0.6) is 5.75 Å². The van der Waals surface area contributed by atoms with Crippen LogP contribution in [-0.2, 0) is 19.6 Å². The SMILES string of the molecule is CCOc1ccc(N(CC(=O)Nc2ccccc2C(=O)NC[C@@H]2CCCO2)S(=O)(=O)c2ccccc2)cc1. The summed E-state index contributed by atoms with van der Waals surface area (Å²) in [6.07, 6.45) is 1.83. The monoisotopic (exact) mass is 537 g/mol. The predicted molar refractivity (Wildman–Crippen MR) is 145 cm³/mol. The molecule has 0 unspecified atom stereocenters. The predicted octanol–water partition coefficient (Wildman–Crippen LogP) is 3.83. The number of anilines is 2. The molecule has 2 N–H and O–H groups in total. The minimum absolute atomic E-state index is 0.0217. The van der Waals surface area contributed by atoms with E-state index in [2.05, 4.69) is 10.6 Å². The summed E-state index contributed by atoms with van der Waals surface area (Å²) in [6, 6.07) is 21.0. The average molecular weight is 538 g/mol. The number of benzene rings is 3. The zero-order valence-corrected chi connectivity index (χ0v) is 21.9. The highest BCUT2D eigenvalue weighted by molar-refractivity contribution is 7.92. The van der Waals surface area contributed by atoms with Crippen molar-refractivity contribution in [2.24, 2.45) is 0 Å². The molecule has 3 aromatic carbocycles. The number of nitrogens with one attached hydrogen (secondary N) is 2. The van der Waals surface area contributed by atoms with Crippen molar-refractivity contribution in [3.05, 3.63) is 84.4 Å². The Kier molecular flexibility index (Phi) is 8.98. The van der Waals surface area contributed by atoms with Crippen LogP contribution in [0, 0.1) is 0 Å². The molecule has 0 spiro atoms. The van der Waals surface area contributed by atoms with Gasteiger partial charge in [-0.15, -0.1) is 0 Å². The van der Waals surface area contributed by atoms with Gasteiger partial charge in [-0.3, -0.25) is 13.9 Å². The van der Waals surface area contributed by atoms with Crippen LogP contribution in [0.1, 0.15) is 30.1 Å². The van der Waals surface area contributed by atoms with Crippen LogP contribution in [-0.4, -0.2) is 52.6 Å². The van der Waals surface area contributed by atoms with Gasteiger partial charge in [0.15, 0.2) is 0 Å². The highest BCUT2D eigenvalue weighted by atomic mass is 32.2. The van der Waals surface area contributed by atoms with E-state index in [0.29, 0.717) is 31.2 Å².